The van der Waals surface area contributed by atoms with E-state index in [9.17, 15) is 9.18 Å². The summed E-state index contributed by atoms with van der Waals surface area (Å²) in [5.74, 6) is -0.222. The number of amides is 1. The third kappa shape index (κ3) is 4.48. The Morgan fingerprint density at radius 1 is 1.27 bits per heavy atom. The van der Waals surface area contributed by atoms with Crippen molar-refractivity contribution in [2.75, 3.05) is 11.6 Å². The molecule has 0 saturated heterocycles. The zero-order chi connectivity index (χ0) is 16.1. The molecule has 2 rings (SSSR count). The number of hydrogen-bond donors (Lipinski definition) is 1. The molecule has 1 amide bonds. The second kappa shape index (κ2) is 7.65. The summed E-state index contributed by atoms with van der Waals surface area (Å²) in [6, 6.07) is 11.6. The van der Waals surface area contributed by atoms with Crippen LogP contribution in [0.25, 0.3) is 0 Å². The van der Waals surface area contributed by atoms with Crippen LogP contribution in [-0.4, -0.2) is 18.3 Å². The molecule has 0 aliphatic heterocycles. The molecule has 1 N–H and O–H groups in total. The molecule has 3 nitrogen and oxygen atoms in total. The summed E-state index contributed by atoms with van der Waals surface area (Å²) in [6.07, 6.45) is 1.28. The van der Waals surface area contributed by atoms with Gasteiger partial charge in [0.1, 0.15) is 11.6 Å². The van der Waals surface area contributed by atoms with E-state index in [-0.39, 0.29) is 11.7 Å². The minimum Gasteiger partial charge on any atom is -0.480 e. The van der Waals surface area contributed by atoms with Gasteiger partial charge < -0.3 is 10.1 Å². The molecule has 1 unspecified atom stereocenters. The maximum Gasteiger partial charge on any atom is 0.265 e. The zero-order valence-corrected chi connectivity index (χ0v) is 14.5. The Morgan fingerprint density at radius 3 is 2.55 bits per heavy atom. The highest BCUT2D eigenvalue weighted by atomic mass is 79.9. The Bertz CT molecular complexity index is 664. The SMILES string of the molecule is CSc1ccc(NC(=O)C(C)Oc2ccc(F)cc2Br)cc1. The standard InChI is InChI=1S/C16H15BrFNO2S/c1-10(21-15-8-3-11(18)9-14(15)17)16(20)19-12-4-6-13(22-2)7-5-12/h3-10H,1-2H3,(H,19,20). The predicted molar refractivity (Wildman–Crippen MR) is 91.0 cm³/mol. The van der Waals surface area contributed by atoms with Gasteiger partial charge in [0.05, 0.1) is 4.47 Å². The molecule has 1 atom stereocenters. The van der Waals surface area contributed by atoms with E-state index < -0.39 is 6.10 Å². The van der Waals surface area contributed by atoms with Gasteiger partial charge in [-0.25, -0.2) is 4.39 Å². The van der Waals surface area contributed by atoms with E-state index in [4.69, 9.17) is 4.74 Å². The Labute approximate surface area is 141 Å². The fourth-order valence-corrected chi connectivity index (χ4v) is 2.59. The largest absolute Gasteiger partial charge is 0.480 e. The first kappa shape index (κ1) is 16.8. The molecular weight excluding hydrogens is 369 g/mol. The molecule has 0 bridgehead atoms. The van der Waals surface area contributed by atoms with Crippen molar-refractivity contribution in [3.63, 3.8) is 0 Å². The van der Waals surface area contributed by atoms with E-state index in [1.54, 1.807) is 18.7 Å². The summed E-state index contributed by atoms with van der Waals surface area (Å²) in [5, 5.41) is 2.78. The van der Waals surface area contributed by atoms with Gasteiger partial charge in [-0.05, 0) is 71.6 Å². The topological polar surface area (TPSA) is 38.3 Å². The Balaban J connectivity index is 1.99. The van der Waals surface area contributed by atoms with Crippen LogP contribution in [0, 0.1) is 5.82 Å². The molecule has 0 aromatic heterocycles. The maximum absolute atomic E-state index is 13.0. The van der Waals surface area contributed by atoms with E-state index in [2.05, 4.69) is 21.2 Å². The van der Waals surface area contributed by atoms with Crippen molar-refractivity contribution < 1.29 is 13.9 Å². The van der Waals surface area contributed by atoms with Crippen molar-refractivity contribution in [3.05, 3.63) is 52.8 Å². The molecule has 0 aliphatic rings. The van der Waals surface area contributed by atoms with E-state index in [1.165, 1.54) is 18.2 Å². The van der Waals surface area contributed by atoms with Crippen LogP contribution in [0.15, 0.2) is 51.8 Å². The lowest BCUT2D eigenvalue weighted by molar-refractivity contribution is -0.122. The molecular formula is C16H15BrFNO2S. The minimum absolute atomic E-state index is 0.270. The van der Waals surface area contributed by atoms with Crippen LogP contribution in [-0.2, 0) is 4.79 Å². The van der Waals surface area contributed by atoms with Gasteiger partial charge in [0.15, 0.2) is 6.10 Å². The first-order valence-corrected chi connectivity index (χ1v) is 8.58. The summed E-state index contributed by atoms with van der Waals surface area (Å²) in [7, 11) is 0. The first-order valence-electron chi connectivity index (χ1n) is 6.56. The van der Waals surface area contributed by atoms with Gasteiger partial charge in [0.2, 0.25) is 0 Å². The van der Waals surface area contributed by atoms with Crippen LogP contribution in [0.2, 0.25) is 0 Å². The van der Waals surface area contributed by atoms with Crippen LogP contribution < -0.4 is 10.1 Å². The highest BCUT2D eigenvalue weighted by Crippen LogP contribution is 2.26. The third-order valence-corrected chi connectivity index (χ3v) is 4.29. The molecule has 22 heavy (non-hydrogen) atoms. The normalized spacial score (nSPS) is 11.8. The van der Waals surface area contributed by atoms with Gasteiger partial charge in [0, 0.05) is 10.6 Å². The van der Waals surface area contributed by atoms with Gasteiger partial charge in [-0.2, -0.15) is 0 Å². The van der Waals surface area contributed by atoms with Crippen molar-refractivity contribution in [3.8, 4) is 5.75 Å². The van der Waals surface area contributed by atoms with Gasteiger partial charge in [0.25, 0.3) is 5.91 Å². The van der Waals surface area contributed by atoms with Crippen molar-refractivity contribution >= 4 is 39.3 Å². The fourth-order valence-electron chi connectivity index (χ4n) is 1.73. The maximum atomic E-state index is 13.0. The Kier molecular flexibility index (Phi) is 5.85. The van der Waals surface area contributed by atoms with E-state index >= 15 is 0 Å². The number of hydrogen-bond acceptors (Lipinski definition) is 3. The van der Waals surface area contributed by atoms with Crippen molar-refractivity contribution in [1.82, 2.24) is 0 Å². The lowest BCUT2D eigenvalue weighted by Gasteiger charge is -2.16. The molecule has 0 heterocycles. The third-order valence-electron chi connectivity index (χ3n) is 2.92. The minimum atomic E-state index is -0.706. The summed E-state index contributed by atoms with van der Waals surface area (Å²) in [4.78, 5) is 13.2. The molecule has 0 fully saturated rings. The molecule has 0 spiro atoms. The second-order valence-corrected chi connectivity index (χ2v) is 6.29. The van der Waals surface area contributed by atoms with E-state index in [0.717, 1.165) is 4.90 Å². The average Bonchev–Trinajstić information content (AvgIpc) is 2.50. The van der Waals surface area contributed by atoms with Crippen molar-refractivity contribution in [1.29, 1.82) is 0 Å². The predicted octanol–water partition coefficient (Wildman–Crippen LogP) is 4.72. The zero-order valence-electron chi connectivity index (χ0n) is 12.1. The molecule has 6 heteroatoms. The van der Waals surface area contributed by atoms with Gasteiger partial charge in [-0.3, -0.25) is 4.79 Å². The first-order chi connectivity index (χ1) is 10.5. The average molecular weight is 384 g/mol. The molecule has 0 radical (unpaired) electrons. The highest BCUT2D eigenvalue weighted by molar-refractivity contribution is 9.10. The number of rotatable bonds is 5. The number of benzene rings is 2. The van der Waals surface area contributed by atoms with Crippen LogP contribution in [0.1, 0.15) is 6.92 Å². The number of ether oxygens (including phenoxy) is 1. The number of carbonyl (C=O) groups excluding carboxylic acids is 1. The molecule has 0 aliphatic carbocycles. The lowest BCUT2D eigenvalue weighted by atomic mass is 10.3. The summed E-state index contributed by atoms with van der Waals surface area (Å²) in [6.45, 7) is 1.64. The van der Waals surface area contributed by atoms with Gasteiger partial charge in [-0.1, -0.05) is 0 Å². The second-order valence-electron chi connectivity index (χ2n) is 4.55. The monoisotopic (exact) mass is 383 g/mol. The summed E-state index contributed by atoms with van der Waals surface area (Å²) in [5.41, 5.74) is 0.705. The number of thioether (sulfide) groups is 1. The lowest BCUT2D eigenvalue weighted by Crippen LogP contribution is -2.30. The quantitative estimate of drug-likeness (QED) is 0.759. The summed E-state index contributed by atoms with van der Waals surface area (Å²) < 4.78 is 19.0. The Hall–Kier alpha value is -1.53. The van der Waals surface area contributed by atoms with Gasteiger partial charge in [-0.15, -0.1) is 11.8 Å². The Morgan fingerprint density at radius 2 is 1.95 bits per heavy atom. The van der Waals surface area contributed by atoms with E-state index in [0.29, 0.717) is 15.9 Å². The molecule has 2 aromatic carbocycles. The van der Waals surface area contributed by atoms with Gasteiger partial charge >= 0.3 is 0 Å². The van der Waals surface area contributed by atoms with Crippen LogP contribution in [0.4, 0.5) is 10.1 Å². The van der Waals surface area contributed by atoms with Crippen molar-refractivity contribution in [2.24, 2.45) is 0 Å². The van der Waals surface area contributed by atoms with Crippen molar-refractivity contribution in [2.45, 2.75) is 17.9 Å². The van der Waals surface area contributed by atoms with Crippen LogP contribution >= 0.6 is 27.7 Å². The number of nitrogens with one attached hydrogen (secondary N) is 1. The summed E-state index contributed by atoms with van der Waals surface area (Å²) >= 11 is 4.84. The number of halogens is 2. The molecule has 2 aromatic rings. The number of carbonyl (C=O) groups is 1. The fraction of sp³-hybridized carbons (Fsp3) is 0.188. The van der Waals surface area contributed by atoms with Crippen LogP contribution in [0.3, 0.4) is 0 Å². The molecule has 0 saturated carbocycles. The van der Waals surface area contributed by atoms with E-state index in [1.807, 2.05) is 30.5 Å². The highest BCUT2D eigenvalue weighted by Gasteiger charge is 2.16. The number of anilines is 1. The molecule has 116 valence electrons. The smallest absolute Gasteiger partial charge is 0.265 e. The van der Waals surface area contributed by atoms with Crippen LogP contribution in [0.5, 0.6) is 5.75 Å².